The maximum absolute atomic E-state index is 11.4. The van der Waals surface area contributed by atoms with Crippen LogP contribution in [0.1, 0.15) is 31.7 Å². The largest absolute Gasteiger partial charge is 0.465 e. The second kappa shape index (κ2) is 6.37. The van der Waals surface area contributed by atoms with Gasteiger partial charge in [-0.15, -0.1) is 11.3 Å². The van der Waals surface area contributed by atoms with E-state index in [9.17, 15) is 4.79 Å². The van der Waals surface area contributed by atoms with Gasteiger partial charge < -0.3 is 4.74 Å². The van der Waals surface area contributed by atoms with Gasteiger partial charge in [-0.2, -0.15) is 0 Å². The quantitative estimate of drug-likeness (QED) is 0.850. The van der Waals surface area contributed by atoms with E-state index in [0.717, 1.165) is 4.47 Å². The van der Waals surface area contributed by atoms with Crippen LogP contribution < -0.4 is 5.32 Å². The SMILES string of the molecule is CCOC(=O)C(C)NC(C)c1sccc1Br. The lowest BCUT2D eigenvalue weighted by Gasteiger charge is -2.18. The molecule has 90 valence electrons. The molecule has 0 radical (unpaired) electrons. The van der Waals surface area contributed by atoms with Gasteiger partial charge in [-0.25, -0.2) is 0 Å². The van der Waals surface area contributed by atoms with Crippen molar-refractivity contribution < 1.29 is 9.53 Å². The molecule has 0 aliphatic heterocycles. The van der Waals surface area contributed by atoms with Crippen LogP contribution in [0.3, 0.4) is 0 Å². The third kappa shape index (κ3) is 3.57. The molecule has 0 aromatic carbocycles. The summed E-state index contributed by atoms with van der Waals surface area (Å²) < 4.78 is 6.02. The van der Waals surface area contributed by atoms with Crippen LogP contribution in [0.15, 0.2) is 15.9 Å². The predicted octanol–water partition coefficient (Wildman–Crippen LogP) is 3.11. The van der Waals surface area contributed by atoms with E-state index < -0.39 is 0 Å². The molecule has 1 heterocycles. The number of hydrogen-bond donors (Lipinski definition) is 1. The fourth-order valence-electron chi connectivity index (χ4n) is 1.40. The molecular weight excluding hydrogens is 290 g/mol. The lowest BCUT2D eigenvalue weighted by molar-refractivity contribution is -0.145. The Bertz CT molecular complexity index is 354. The van der Waals surface area contributed by atoms with Crippen molar-refractivity contribution in [1.82, 2.24) is 5.32 Å². The minimum Gasteiger partial charge on any atom is -0.465 e. The zero-order valence-electron chi connectivity index (χ0n) is 9.62. The Morgan fingerprint density at radius 1 is 1.62 bits per heavy atom. The van der Waals surface area contributed by atoms with E-state index in [1.165, 1.54) is 4.88 Å². The average Bonchev–Trinajstić information content (AvgIpc) is 2.64. The summed E-state index contributed by atoms with van der Waals surface area (Å²) in [4.78, 5) is 12.6. The van der Waals surface area contributed by atoms with Crippen molar-refractivity contribution in [2.75, 3.05) is 6.61 Å². The topological polar surface area (TPSA) is 38.3 Å². The van der Waals surface area contributed by atoms with Crippen molar-refractivity contribution in [2.45, 2.75) is 32.9 Å². The fourth-order valence-corrected chi connectivity index (χ4v) is 3.13. The van der Waals surface area contributed by atoms with Crippen LogP contribution in [0, 0.1) is 0 Å². The Labute approximate surface area is 108 Å². The van der Waals surface area contributed by atoms with Gasteiger partial charge in [-0.05, 0) is 48.1 Å². The molecule has 5 heteroatoms. The molecule has 0 amide bonds. The Kier molecular flexibility index (Phi) is 5.44. The molecule has 0 aliphatic carbocycles. The summed E-state index contributed by atoms with van der Waals surface area (Å²) in [6, 6.07) is 1.85. The highest BCUT2D eigenvalue weighted by atomic mass is 79.9. The third-order valence-corrected chi connectivity index (χ3v) is 4.23. The van der Waals surface area contributed by atoms with Gasteiger partial charge in [-0.1, -0.05) is 0 Å². The van der Waals surface area contributed by atoms with Gasteiger partial charge in [0.2, 0.25) is 0 Å². The van der Waals surface area contributed by atoms with E-state index in [2.05, 4.69) is 21.2 Å². The molecule has 2 unspecified atom stereocenters. The van der Waals surface area contributed by atoms with E-state index in [-0.39, 0.29) is 18.1 Å². The van der Waals surface area contributed by atoms with Crippen LogP contribution >= 0.6 is 27.3 Å². The van der Waals surface area contributed by atoms with Gasteiger partial charge in [0.05, 0.1) is 6.61 Å². The molecule has 0 spiro atoms. The van der Waals surface area contributed by atoms with Crippen LogP contribution in [0.5, 0.6) is 0 Å². The summed E-state index contributed by atoms with van der Waals surface area (Å²) in [5, 5.41) is 5.23. The Morgan fingerprint density at radius 3 is 2.81 bits per heavy atom. The molecule has 16 heavy (non-hydrogen) atoms. The zero-order chi connectivity index (χ0) is 12.1. The first kappa shape index (κ1) is 13.7. The summed E-state index contributed by atoms with van der Waals surface area (Å²) in [6.07, 6.45) is 0. The highest BCUT2D eigenvalue weighted by Gasteiger charge is 2.18. The third-order valence-electron chi connectivity index (χ3n) is 2.18. The van der Waals surface area contributed by atoms with E-state index >= 15 is 0 Å². The standard InChI is InChI=1S/C11H16BrNO2S/c1-4-15-11(14)8(3)13-7(2)10-9(12)5-6-16-10/h5-8,13H,4H2,1-3H3. The minimum absolute atomic E-state index is 0.133. The number of carbonyl (C=O) groups is 1. The van der Waals surface area contributed by atoms with Gasteiger partial charge in [0, 0.05) is 15.4 Å². The summed E-state index contributed by atoms with van der Waals surface area (Å²) >= 11 is 5.14. The number of halogens is 1. The van der Waals surface area contributed by atoms with Gasteiger partial charge in [0.25, 0.3) is 0 Å². The smallest absolute Gasteiger partial charge is 0.322 e. The minimum atomic E-state index is -0.288. The van der Waals surface area contributed by atoms with Crippen LogP contribution in [-0.2, 0) is 9.53 Å². The maximum atomic E-state index is 11.4. The molecule has 1 rings (SSSR count). The van der Waals surface area contributed by atoms with E-state index in [1.54, 1.807) is 11.3 Å². The lowest BCUT2D eigenvalue weighted by atomic mass is 10.2. The number of ether oxygens (including phenoxy) is 1. The average molecular weight is 306 g/mol. The summed E-state index contributed by atoms with van der Waals surface area (Å²) in [7, 11) is 0. The molecule has 0 fully saturated rings. The Morgan fingerprint density at radius 2 is 2.31 bits per heavy atom. The molecule has 1 aromatic heterocycles. The molecule has 0 saturated carbocycles. The highest BCUT2D eigenvalue weighted by Crippen LogP contribution is 2.28. The molecule has 2 atom stereocenters. The van der Waals surface area contributed by atoms with Gasteiger partial charge in [0.15, 0.2) is 0 Å². The highest BCUT2D eigenvalue weighted by molar-refractivity contribution is 9.10. The van der Waals surface area contributed by atoms with Crippen molar-refractivity contribution in [2.24, 2.45) is 0 Å². The molecule has 3 nitrogen and oxygen atoms in total. The molecule has 0 aliphatic rings. The normalized spacial score (nSPS) is 14.5. The number of nitrogens with one attached hydrogen (secondary N) is 1. The second-order valence-electron chi connectivity index (χ2n) is 3.49. The van der Waals surface area contributed by atoms with Crippen LogP contribution in [0.4, 0.5) is 0 Å². The van der Waals surface area contributed by atoms with E-state index in [1.807, 2.05) is 32.2 Å². The number of carbonyl (C=O) groups excluding carboxylic acids is 1. The number of rotatable bonds is 5. The second-order valence-corrected chi connectivity index (χ2v) is 5.30. The van der Waals surface area contributed by atoms with Gasteiger partial charge >= 0.3 is 5.97 Å². The molecule has 1 aromatic rings. The summed E-state index contributed by atoms with van der Waals surface area (Å²) in [5.41, 5.74) is 0. The first-order valence-corrected chi connectivity index (χ1v) is 6.89. The van der Waals surface area contributed by atoms with Gasteiger partial charge in [0.1, 0.15) is 6.04 Å². The van der Waals surface area contributed by atoms with E-state index in [4.69, 9.17) is 4.74 Å². The predicted molar refractivity (Wildman–Crippen MR) is 69.7 cm³/mol. The Hall–Kier alpha value is -0.390. The van der Waals surface area contributed by atoms with Crippen molar-refractivity contribution in [3.63, 3.8) is 0 Å². The number of hydrogen-bond acceptors (Lipinski definition) is 4. The summed E-state index contributed by atoms with van der Waals surface area (Å²) in [6.45, 7) is 6.08. The van der Waals surface area contributed by atoms with Crippen molar-refractivity contribution in [3.05, 3.63) is 20.8 Å². The number of esters is 1. The molecule has 1 N–H and O–H groups in total. The first-order valence-electron chi connectivity index (χ1n) is 5.21. The van der Waals surface area contributed by atoms with Crippen molar-refractivity contribution in [3.8, 4) is 0 Å². The molecular formula is C11H16BrNO2S. The van der Waals surface area contributed by atoms with E-state index in [0.29, 0.717) is 6.61 Å². The number of thiophene rings is 1. The fraction of sp³-hybridized carbons (Fsp3) is 0.545. The monoisotopic (exact) mass is 305 g/mol. The zero-order valence-corrected chi connectivity index (χ0v) is 12.0. The lowest BCUT2D eigenvalue weighted by Crippen LogP contribution is -2.36. The van der Waals surface area contributed by atoms with Crippen LogP contribution in [0.2, 0.25) is 0 Å². The molecule has 0 saturated heterocycles. The summed E-state index contributed by atoms with van der Waals surface area (Å²) in [5.74, 6) is -0.206. The molecule has 0 bridgehead atoms. The Balaban J connectivity index is 2.54. The maximum Gasteiger partial charge on any atom is 0.322 e. The van der Waals surface area contributed by atoms with Crippen LogP contribution in [-0.4, -0.2) is 18.6 Å². The van der Waals surface area contributed by atoms with Crippen LogP contribution in [0.25, 0.3) is 0 Å². The van der Waals surface area contributed by atoms with Crippen molar-refractivity contribution >= 4 is 33.2 Å². The van der Waals surface area contributed by atoms with Gasteiger partial charge in [-0.3, -0.25) is 10.1 Å². The van der Waals surface area contributed by atoms with Crippen molar-refractivity contribution in [1.29, 1.82) is 0 Å². The first-order chi connectivity index (χ1) is 7.56.